The van der Waals surface area contributed by atoms with Crippen molar-refractivity contribution >= 4 is 23.4 Å². The first-order valence-electron chi connectivity index (χ1n) is 7.96. The molecular weight excluding hydrogens is 308 g/mol. The maximum atomic E-state index is 11.8. The van der Waals surface area contributed by atoms with Crippen LogP contribution in [0.3, 0.4) is 0 Å². The lowest BCUT2D eigenvalue weighted by atomic mass is 10.2. The molecule has 0 radical (unpaired) electrons. The number of nitrogens with zero attached hydrogens (tertiary/aromatic N) is 3. The number of anilines is 3. The molecule has 1 aliphatic rings. The maximum absolute atomic E-state index is 11.8. The summed E-state index contributed by atoms with van der Waals surface area (Å²) < 4.78 is 5.33. The van der Waals surface area contributed by atoms with Gasteiger partial charge in [-0.2, -0.15) is 0 Å². The van der Waals surface area contributed by atoms with Gasteiger partial charge in [-0.05, 0) is 37.1 Å². The first-order valence-corrected chi connectivity index (χ1v) is 7.96. The molecule has 0 aromatic carbocycles. The third kappa shape index (κ3) is 4.63. The molecule has 3 heterocycles. The molecule has 0 unspecified atom stereocenters. The van der Waals surface area contributed by atoms with Crippen molar-refractivity contribution in [2.75, 3.05) is 30.3 Å². The number of ether oxygens (including phenoxy) is 1. The zero-order chi connectivity index (χ0) is 16.6. The van der Waals surface area contributed by atoms with E-state index < -0.39 is 0 Å². The summed E-state index contributed by atoms with van der Waals surface area (Å²) in [4.78, 5) is 15.9. The SMILES string of the molecule is O=C(NCCNc1ccc(Nc2ccccn2)nn1)[C@@H]1CCCO1. The lowest BCUT2D eigenvalue weighted by Crippen LogP contribution is -2.36. The molecule has 3 rings (SSSR count). The van der Waals surface area contributed by atoms with Crippen LogP contribution in [-0.2, 0) is 9.53 Å². The molecule has 8 nitrogen and oxygen atoms in total. The molecule has 1 amide bonds. The van der Waals surface area contributed by atoms with Gasteiger partial charge in [0.15, 0.2) is 5.82 Å². The van der Waals surface area contributed by atoms with Crippen molar-refractivity contribution in [3.63, 3.8) is 0 Å². The van der Waals surface area contributed by atoms with Crippen LogP contribution in [0.5, 0.6) is 0 Å². The van der Waals surface area contributed by atoms with Crippen LogP contribution in [0.25, 0.3) is 0 Å². The summed E-state index contributed by atoms with van der Waals surface area (Å²) in [7, 11) is 0. The predicted molar refractivity (Wildman–Crippen MR) is 90.0 cm³/mol. The lowest BCUT2D eigenvalue weighted by Gasteiger charge is -2.11. The maximum Gasteiger partial charge on any atom is 0.249 e. The topological polar surface area (TPSA) is 101 Å². The summed E-state index contributed by atoms with van der Waals surface area (Å²) in [5.74, 6) is 1.93. The Hall–Kier alpha value is -2.74. The highest BCUT2D eigenvalue weighted by Gasteiger charge is 2.22. The highest BCUT2D eigenvalue weighted by molar-refractivity contribution is 5.80. The van der Waals surface area contributed by atoms with Crippen LogP contribution < -0.4 is 16.0 Å². The number of carbonyl (C=O) groups is 1. The molecule has 2 aromatic heterocycles. The van der Waals surface area contributed by atoms with Gasteiger partial charge in [0, 0.05) is 25.9 Å². The van der Waals surface area contributed by atoms with Crippen molar-refractivity contribution < 1.29 is 9.53 Å². The minimum Gasteiger partial charge on any atom is -0.368 e. The summed E-state index contributed by atoms with van der Waals surface area (Å²) in [6, 6.07) is 9.23. The van der Waals surface area contributed by atoms with Crippen molar-refractivity contribution in [1.82, 2.24) is 20.5 Å². The van der Waals surface area contributed by atoms with Crippen LogP contribution in [0, 0.1) is 0 Å². The second-order valence-electron chi connectivity index (χ2n) is 5.36. The lowest BCUT2D eigenvalue weighted by molar-refractivity contribution is -0.129. The first-order chi connectivity index (χ1) is 11.8. The molecule has 2 aromatic rings. The van der Waals surface area contributed by atoms with E-state index in [-0.39, 0.29) is 12.0 Å². The van der Waals surface area contributed by atoms with Gasteiger partial charge in [-0.3, -0.25) is 4.79 Å². The van der Waals surface area contributed by atoms with E-state index in [0.29, 0.717) is 37.1 Å². The van der Waals surface area contributed by atoms with E-state index >= 15 is 0 Å². The molecule has 0 aliphatic carbocycles. The molecule has 126 valence electrons. The van der Waals surface area contributed by atoms with E-state index in [1.165, 1.54) is 0 Å². The number of pyridine rings is 1. The van der Waals surface area contributed by atoms with Crippen molar-refractivity contribution in [3.05, 3.63) is 36.5 Å². The summed E-state index contributed by atoms with van der Waals surface area (Å²) in [6.07, 6.45) is 3.17. The van der Waals surface area contributed by atoms with E-state index in [9.17, 15) is 4.79 Å². The van der Waals surface area contributed by atoms with Crippen LogP contribution in [0.1, 0.15) is 12.8 Å². The average molecular weight is 328 g/mol. The van der Waals surface area contributed by atoms with Crippen molar-refractivity contribution in [2.45, 2.75) is 18.9 Å². The summed E-state index contributed by atoms with van der Waals surface area (Å²) in [6.45, 7) is 1.75. The third-order valence-corrected chi connectivity index (χ3v) is 3.54. The van der Waals surface area contributed by atoms with Gasteiger partial charge in [0.05, 0.1) is 0 Å². The fourth-order valence-electron chi connectivity index (χ4n) is 2.34. The summed E-state index contributed by atoms with van der Waals surface area (Å²) in [5.41, 5.74) is 0. The molecule has 1 saturated heterocycles. The third-order valence-electron chi connectivity index (χ3n) is 3.54. The van der Waals surface area contributed by atoms with E-state index in [2.05, 4.69) is 31.1 Å². The van der Waals surface area contributed by atoms with Gasteiger partial charge in [-0.25, -0.2) is 4.98 Å². The van der Waals surface area contributed by atoms with Gasteiger partial charge in [0.1, 0.15) is 17.7 Å². The molecule has 1 atom stereocenters. The van der Waals surface area contributed by atoms with Crippen LogP contribution in [-0.4, -0.2) is 46.9 Å². The Labute approximate surface area is 140 Å². The van der Waals surface area contributed by atoms with Crippen molar-refractivity contribution in [3.8, 4) is 0 Å². The summed E-state index contributed by atoms with van der Waals surface area (Å²) in [5, 5.41) is 17.2. The Morgan fingerprint density at radius 2 is 2.00 bits per heavy atom. The molecule has 0 spiro atoms. The van der Waals surface area contributed by atoms with E-state index in [1.54, 1.807) is 6.20 Å². The van der Waals surface area contributed by atoms with Gasteiger partial charge in [-0.15, -0.1) is 10.2 Å². The number of aromatic nitrogens is 3. The highest BCUT2D eigenvalue weighted by Crippen LogP contribution is 2.12. The van der Waals surface area contributed by atoms with Gasteiger partial charge in [-0.1, -0.05) is 6.07 Å². The minimum absolute atomic E-state index is 0.0460. The smallest absolute Gasteiger partial charge is 0.249 e. The Morgan fingerprint density at radius 3 is 2.71 bits per heavy atom. The van der Waals surface area contributed by atoms with Gasteiger partial charge in [0.25, 0.3) is 0 Å². The molecule has 8 heteroatoms. The van der Waals surface area contributed by atoms with Gasteiger partial charge < -0.3 is 20.7 Å². The summed E-state index contributed by atoms with van der Waals surface area (Å²) >= 11 is 0. The molecular formula is C16H20N6O2. The Morgan fingerprint density at radius 1 is 1.12 bits per heavy atom. The number of carbonyl (C=O) groups excluding carboxylic acids is 1. The minimum atomic E-state index is -0.290. The standard InChI is InChI=1S/C16H20N6O2/c23-16(12-4-3-11-24-12)19-10-9-18-14-6-7-15(22-21-14)20-13-5-1-2-8-17-13/h1-2,5-8,12H,3-4,9-11H2,(H,18,21)(H,19,23)(H,17,20,22)/t12-/m0/s1. The fraction of sp³-hybridized carbons (Fsp3) is 0.375. The molecule has 1 aliphatic heterocycles. The van der Waals surface area contributed by atoms with Crippen LogP contribution >= 0.6 is 0 Å². The zero-order valence-electron chi connectivity index (χ0n) is 13.2. The second kappa shape index (κ2) is 8.21. The quantitative estimate of drug-likeness (QED) is 0.659. The Kier molecular flexibility index (Phi) is 5.52. The van der Waals surface area contributed by atoms with E-state index in [0.717, 1.165) is 12.8 Å². The van der Waals surface area contributed by atoms with Gasteiger partial charge in [0.2, 0.25) is 5.91 Å². The van der Waals surface area contributed by atoms with E-state index in [4.69, 9.17) is 4.74 Å². The average Bonchev–Trinajstić information content (AvgIpc) is 3.16. The van der Waals surface area contributed by atoms with Crippen LogP contribution in [0.2, 0.25) is 0 Å². The monoisotopic (exact) mass is 328 g/mol. The second-order valence-corrected chi connectivity index (χ2v) is 5.36. The number of rotatable bonds is 7. The van der Waals surface area contributed by atoms with Crippen LogP contribution in [0.4, 0.5) is 17.5 Å². The van der Waals surface area contributed by atoms with Crippen LogP contribution in [0.15, 0.2) is 36.5 Å². The molecule has 0 saturated carbocycles. The van der Waals surface area contributed by atoms with Crippen molar-refractivity contribution in [1.29, 1.82) is 0 Å². The van der Waals surface area contributed by atoms with E-state index in [1.807, 2.05) is 30.3 Å². The largest absolute Gasteiger partial charge is 0.368 e. The first kappa shape index (κ1) is 16.1. The Bertz CT molecular complexity index is 643. The number of hydrogen-bond acceptors (Lipinski definition) is 7. The number of hydrogen-bond donors (Lipinski definition) is 3. The molecule has 0 bridgehead atoms. The zero-order valence-corrected chi connectivity index (χ0v) is 13.2. The van der Waals surface area contributed by atoms with Gasteiger partial charge >= 0.3 is 0 Å². The van der Waals surface area contributed by atoms with Crippen molar-refractivity contribution in [2.24, 2.45) is 0 Å². The molecule has 3 N–H and O–H groups in total. The fourth-order valence-corrected chi connectivity index (χ4v) is 2.34. The number of amides is 1. The molecule has 1 fully saturated rings. The number of nitrogens with one attached hydrogen (secondary N) is 3. The highest BCUT2D eigenvalue weighted by atomic mass is 16.5. The normalized spacial score (nSPS) is 16.6. The predicted octanol–water partition coefficient (Wildman–Crippen LogP) is 1.32. The Balaban J connectivity index is 1.39. The molecule has 24 heavy (non-hydrogen) atoms.